The first-order valence-electron chi connectivity index (χ1n) is 11.6. The van der Waals surface area contributed by atoms with Crippen LogP contribution in [0.5, 0.6) is 5.75 Å². The highest BCUT2D eigenvalue weighted by molar-refractivity contribution is 7.85. The van der Waals surface area contributed by atoms with E-state index in [4.69, 9.17) is 9.29 Å². The van der Waals surface area contributed by atoms with Crippen LogP contribution in [0.1, 0.15) is 103 Å². The molecular weight excluding hydrogens is 384 g/mol. The van der Waals surface area contributed by atoms with E-state index in [1.165, 1.54) is 75.3 Å². The minimum Gasteiger partial charge on any atom is -0.489 e. The summed E-state index contributed by atoms with van der Waals surface area (Å²) in [6.07, 6.45) is 14.7. The van der Waals surface area contributed by atoms with Crippen molar-refractivity contribution in [3.63, 3.8) is 0 Å². The van der Waals surface area contributed by atoms with Crippen molar-refractivity contribution in [2.75, 3.05) is 5.75 Å². The van der Waals surface area contributed by atoms with Crippen molar-refractivity contribution < 1.29 is 17.7 Å². The minimum absolute atomic E-state index is 0.366. The molecule has 0 saturated carbocycles. The van der Waals surface area contributed by atoms with Gasteiger partial charge in [0.1, 0.15) is 17.6 Å². The van der Waals surface area contributed by atoms with Crippen molar-refractivity contribution in [2.45, 2.75) is 110 Å². The molecule has 0 aliphatic heterocycles. The van der Waals surface area contributed by atoms with Crippen molar-refractivity contribution in [1.82, 2.24) is 0 Å². The van der Waals surface area contributed by atoms with Gasteiger partial charge in [-0.3, -0.25) is 4.55 Å². The maximum Gasteiger partial charge on any atom is 0.268 e. The van der Waals surface area contributed by atoms with Gasteiger partial charge in [-0.05, 0) is 55.4 Å². The SMILES string of the molecule is CCCCCCCc1ccc(OC(CC)CS(=O)(=O)O)cc1CCCCCCC. The summed E-state index contributed by atoms with van der Waals surface area (Å²) < 4.78 is 37.4. The Morgan fingerprint density at radius 3 is 1.90 bits per heavy atom. The first-order chi connectivity index (χ1) is 13.9. The fourth-order valence-electron chi connectivity index (χ4n) is 3.65. The lowest BCUT2D eigenvalue weighted by Crippen LogP contribution is -2.25. The largest absolute Gasteiger partial charge is 0.489 e. The first-order valence-corrected chi connectivity index (χ1v) is 13.2. The van der Waals surface area contributed by atoms with Crippen molar-refractivity contribution in [3.8, 4) is 5.75 Å². The summed E-state index contributed by atoms with van der Waals surface area (Å²) in [4.78, 5) is 0. The van der Waals surface area contributed by atoms with Crippen molar-refractivity contribution >= 4 is 10.1 Å². The summed E-state index contributed by atoms with van der Waals surface area (Å²) in [7, 11) is -4.04. The second-order valence-corrected chi connectivity index (χ2v) is 9.65. The third-order valence-electron chi connectivity index (χ3n) is 5.43. The van der Waals surface area contributed by atoms with Crippen molar-refractivity contribution in [2.24, 2.45) is 0 Å². The van der Waals surface area contributed by atoms with Gasteiger partial charge >= 0.3 is 0 Å². The maximum atomic E-state index is 11.2. The molecule has 1 atom stereocenters. The third kappa shape index (κ3) is 12.3. The lowest BCUT2D eigenvalue weighted by molar-refractivity contribution is 0.216. The van der Waals surface area contributed by atoms with Crippen LogP contribution in [0.2, 0.25) is 0 Å². The van der Waals surface area contributed by atoms with E-state index in [0.717, 1.165) is 12.8 Å². The van der Waals surface area contributed by atoms with E-state index in [1.54, 1.807) is 0 Å². The predicted octanol–water partition coefficient (Wildman–Crippen LogP) is 6.76. The molecule has 0 aliphatic rings. The van der Waals surface area contributed by atoms with Crippen LogP contribution in [0.4, 0.5) is 0 Å². The molecule has 0 spiro atoms. The molecule has 0 aromatic heterocycles. The fraction of sp³-hybridized carbons (Fsp3) is 0.750. The number of hydrogen-bond donors (Lipinski definition) is 1. The Bertz CT molecular complexity index is 655. The Balaban J connectivity index is 2.78. The number of hydrogen-bond acceptors (Lipinski definition) is 3. The van der Waals surface area contributed by atoms with Gasteiger partial charge in [-0.1, -0.05) is 78.2 Å². The van der Waals surface area contributed by atoms with E-state index in [0.29, 0.717) is 12.2 Å². The first kappa shape index (κ1) is 26.0. The van der Waals surface area contributed by atoms with Gasteiger partial charge in [0.15, 0.2) is 0 Å². The van der Waals surface area contributed by atoms with E-state index in [1.807, 2.05) is 13.0 Å². The number of rotatable bonds is 17. The van der Waals surface area contributed by atoms with Gasteiger partial charge < -0.3 is 4.74 Å². The van der Waals surface area contributed by atoms with Crippen molar-refractivity contribution in [3.05, 3.63) is 29.3 Å². The molecule has 0 aliphatic carbocycles. The Morgan fingerprint density at radius 1 is 0.828 bits per heavy atom. The summed E-state index contributed by atoms with van der Waals surface area (Å²) >= 11 is 0. The molecule has 168 valence electrons. The summed E-state index contributed by atoms with van der Waals surface area (Å²) in [6, 6.07) is 6.19. The van der Waals surface area contributed by atoms with Crippen LogP contribution in [0, 0.1) is 0 Å². The highest BCUT2D eigenvalue weighted by Gasteiger charge is 2.17. The third-order valence-corrected chi connectivity index (χ3v) is 6.22. The smallest absolute Gasteiger partial charge is 0.268 e. The topological polar surface area (TPSA) is 63.6 Å². The molecule has 1 aromatic rings. The fourth-order valence-corrected chi connectivity index (χ4v) is 4.43. The van der Waals surface area contributed by atoms with Crippen LogP contribution in [0.25, 0.3) is 0 Å². The molecule has 0 bridgehead atoms. The normalized spacial score (nSPS) is 12.8. The Labute approximate surface area is 179 Å². The second-order valence-electron chi connectivity index (χ2n) is 8.16. The van der Waals surface area contributed by atoms with Gasteiger partial charge in [0, 0.05) is 0 Å². The van der Waals surface area contributed by atoms with Crippen LogP contribution >= 0.6 is 0 Å². The molecule has 0 saturated heterocycles. The molecule has 1 unspecified atom stereocenters. The van der Waals surface area contributed by atoms with E-state index >= 15 is 0 Å². The maximum absolute atomic E-state index is 11.2. The highest BCUT2D eigenvalue weighted by Crippen LogP contribution is 2.24. The van der Waals surface area contributed by atoms with E-state index in [-0.39, 0.29) is 5.75 Å². The molecule has 29 heavy (non-hydrogen) atoms. The Morgan fingerprint density at radius 2 is 1.38 bits per heavy atom. The molecule has 4 nitrogen and oxygen atoms in total. The van der Waals surface area contributed by atoms with Crippen molar-refractivity contribution in [1.29, 1.82) is 0 Å². The standard InChI is InChI=1S/C24H42O4S/c1-4-7-9-11-13-15-21-17-18-24(28-23(6-3)20-29(25,26)27)19-22(21)16-14-12-10-8-5-2/h17-19,23H,4-16,20H2,1-3H3,(H,25,26,27). The zero-order valence-electron chi connectivity index (χ0n) is 18.8. The Kier molecular flexibility index (Phi) is 13.3. The zero-order chi connectivity index (χ0) is 21.5. The van der Waals surface area contributed by atoms with Gasteiger partial charge in [0.25, 0.3) is 10.1 Å². The van der Waals surface area contributed by atoms with Crippen LogP contribution in [0.3, 0.4) is 0 Å². The van der Waals surface area contributed by atoms with E-state index < -0.39 is 16.2 Å². The summed E-state index contributed by atoms with van der Waals surface area (Å²) in [6.45, 7) is 6.34. The molecule has 1 N–H and O–H groups in total. The lowest BCUT2D eigenvalue weighted by Gasteiger charge is -2.18. The summed E-state index contributed by atoms with van der Waals surface area (Å²) in [5.41, 5.74) is 2.73. The van der Waals surface area contributed by atoms with Gasteiger partial charge in [0.05, 0.1) is 0 Å². The van der Waals surface area contributed by atoms with Gasteiger partial charge in [0.2, 0.25) is 0 Å². The van der Waals surface area contributed by atoms with Crippen LogP contribution in [-0.4, -0.2) is 24.8 Å². The molecule has 0 fully saturated rings. The van der Waals surface area contributed by atoms with E-state index in [9.17, 15) is 8.42 Å². The highest BCUT2D eigenvalue weighted by atomic mass is 32.2. The number of ether oxygens (including phenoxy) is 1. The molecule has 0 amide bonds. The lowest BCUT2D eigenvalue weighted by atomic mass is 9.96. The monoisotopic (exact) mass is 426 g/mol. The van der Waals surface area contributed by atoms with Gasteiger partial charge in [-0.2, -0.15) is 8.42 Å². The van der Waals surface area contributed by atoms with Gasteiger partial charge in [-0.15, -0.1) is 0 Å². The molecule has 1 aromatic carbocycles. The van der Waals surface area contributed by atoms with Gasteiger partial charge in [-0.25, -0.2) is 0 Å². The summed E-state index contributed by atoms with van der Waals surface area (Å²) in [5.74, 6) is 0.341. The molecule has 1 rings (SSSR count). The van der Waals surface area contributed by atoms with Crippen LogP contribution < -0.4 is 4.74 Å². The van der Waals surface area contributed by atoms with Crippen LogP contribution in [-0.2, 0) is 23.0 Å². The number of aryl methyl sites for hydroxylation is 2. The van der Waals surface area contributed by atoms with Crippen LogP contribution in [0.15, 0.2) is 18.2 Å². The number of unbranched alkanes of at least 4 members (excludes halogenated alkanes) is 8. The zero-order valence-corrected chi connectivity index (χ0v) is 19.6. The Hall–Kier alpha value is -1.07. The summed E-state index contributed by atoms with van der Waals surface area (Å²) in [5, 5.41) is 0. The quantitative estimate of drug-likeness (QED) is 0.221. The second kappa shape index (κ2) is 14.8. The number of benzene rings is 1. The average Bonchev–Trinajstić information content (AvgIpc) is 2.67. The molecule has 5 heteroatoms. The minimum atomic E-state index is -4.04. The average molecular weight is 427 g/mol. The molecule has 0 radical (unpaired) electrons. The molecule has 0 heterocycles. The molecular formula is C24H42O4S. The van der Waals surface area contributed by atoms with E-state index in [2.05, 4.69) is 26.0 Å². The predicted molar refractivity (Wildman–Crippen MR) is 122 cm³/mol.